The molecular formula is C18H23N5O2. The SMILES string of the molecule is CCCOC1CCCN(C(=O)c2cccc(-c3cnc(N)nc3)n2)C1. The molecule has 1 aliphatic rings. The first-order valence-electron chi connectivity index (χ1n) is 8.63. The largest absolute Gasteiger partial charge is 0.376 e. The van der Waals surface area contributed by atoms with E-state index in [9.17, 15) is 4.79 Å². The fraction of sp³-hybridized carbons (Fsp3) is 0.444. The number of carbonyl (C=O) groups excluding carboxylic acids is 1. The Bertz CT molecular complexity index is 720. The highest BCUT2D eigenvalue weighted by atomic mass is 16.5. The minimum atomic E-state index is -0.0667. The summed E-state index contributed by atoms with van der Waals surface area (Å²) in [6.45, 7) is 4.18. The van der Waals surface area contributed by atoms with Gasteiger partial charge in [-0.2, -0.15) is 0 Å². The van der Waals surface area contributed by atoms with Crippen molar-refractivity contribution in [2.24, 2.45) is 0 Å². The van der Waals surface area contributed by atoms with Crippen molar-refractivity contribution in [2.45, 2.75) is 32.3 Å². The van der Waals surface area contributed by atoms with Crippen LogP contribution in [-0.2, 0) is 4.74 Å². The highest BCUT2D eigenvalue weighted by Gasteiger charge is 2.25. The van der Waals surface area contributed by atoms with E-state index >= 15 is 0 Å². The molecule has 1 fully saturated rings. The molecule has 2 N–H and O–H groups in total. The molecule has 1 amide bonds. The Hall–Kier alpha value is -2.54. The molecule has 1 saturated heterocycles. The van der Waals surface area contributed by atoms with Crippen molar-refractivity contribution in [1.29, 1.82) is 0 Å². The van der Waals surface area contributed by atoms with Crippen molar-refractivity contribution in [3.8, 4) is 11.3 Å². The molecule has 0 spiro atoms. The molecule has 3 rings (SSSR count). The van der Waals surface area contributed by atoms with Crippen LogP contribution in [0.3, 0.4) is 0 Å². The molecule has 7 heteroatoms. The molecule has 3 heterocycles. The maximum atomic E-state index is 12.8. The van der Waals surface area contributed by atoms with Gasteiger partial charge in [-0.1, -0.05) is 13.0 Å². The molecule has 0 saturated carbocycles. The number of nitrogen functional groups attached to an aromatic ring is 1. The maximum absolute atomic E-state index is 12.8. The number of anilines is 1. The van der Waals surface area contributed by atoms with E-state index in [0.29, 0.717) is 17.9 Å². The average molecular weight is 341 g/mol. The summed E-state index contributed by atoms with van der Waals surface area (Å²) in [5.41, 5.74) is 7.32. The summed E-state index contributed by atoms with van der Waals surface area (Å²) >= 11 is 0. The summed E-state index contributed by atoms with van der Waals surface area (Å²) in [6, 6.07) is 5.39. The van der Waals surface area contributed by atoms with Crippen molar-refractivity contribution in [1.82, 2.24) is 19.9 Å². The molecular weight excluding hydrogens is 318 g/mol. The number of nitrogens with zero attached hydrogens (tertiary/aromatic N) is 4. The molecule has 0 aromatic carbocycles. The number of amides is 1. The third-order valence-electron chi connectivity index (χ3n) is 4.16. The number of carbonyl (C=O) groups is 1. The van der Waals surface area contributed by atoms with Crippen LogP contribution in [0.5, 0.6) is 0 Å². The van der Waals surface area contributed by atoms with E-state index in [1.165, 1.54) is 0 Å². The lowest BCUT2D eigenvalue weighted by Gasteiger charge is -2.32. The summed E-state index contributed by atoms with van der Waals surface area (Å²) in [4.78, 5) is 27.1. The first-order chi connectivity index (χ1) is 12.2. The van der Waals surface area contributed by atoms with Gasteiger partial charge in [-0.25, -0.2) is 15.0 Å². The summed E-state index contributed by atoms with van der Waals surface area (Å²) in [5, 5.41) is 0. The van der Waals surface area contributed by atoms with Gasteiger partial charge in [-0.05, 0) is 31.4 Å². The zero-order valence-electron chi connectivity index (χ0n) is 14.4. The van der Waals surface area contributed by atoms with E-state index in [0.717, 1.165) is 38.0 Å². The lowest BCUT2D eigenvalue weighted by atomic mass is 10.1. The number of nitrogens with two attached hydrogens (primary N) is 1. The predicted octanol–water partition coefficient (Wildman–Crippen LogP) is 2.15. The van der Waals surface area contributed by atoms with Gasteiger partial charge in [0.25, 0.3) is 5.91 Å². The van der Waals surface area contributed by atoms with E-state index in [1.807, 2.05) is 17.0 Å². The molecule has 0 aliphatic carbocycles. The second-order valence-electron chi connectivity index (χ2n) is 6.12. The lowest BCUT2D eigenvalue weighted by Crippen LogP contribution is -2.43. The molecule has 1 aliphatic heterocycles. The van der Waals surface area contributed by atoms with Crippen LogP contribution in [0.25, 0.3) is 11.3 Å². The quantitative estimate of drug-likeness (QED) is 0.895. The van der Waals surface area contributed by atoms with Gasteiger partial charge in [0.2, 0.25) is 5.95 Å². The summed E-state index contributed by atoms with van der Waals surface area (Å²) in [5.74, 6) is 0.144. The molecule has 1 atom stereocenters. The molecule has 25 heavy (non-hydrogen) atoms. The zero-order valence-corrected chi connectivity index (χ0v) is 14.4. The van der Waals surface area contributed by atoms with Gasteiger partial charge in [0, 0.05) is 37.7 Å². The minimum absolute atomic E-state index is 0.0667. The molecule has 1 unspecified atom stereocenters. The molecule has 2 aromatic heterocycles. The van der Waals surface area contributed by atoms with Gasteiger partial charge in [0.05, 0.1) is 11.8 Å². The van der Waals surface area contributed by atoms with Crippen molar-refractivity contribution in [3.05, 3.63) is 36.3 Å². The van der Waals surface area contributed by atoms with Gasteiger partial charge in [-0.15, -0.1) is 0 Å². The Kier molecular flexibility index (Phi) is 5.55. The Morgan fingerprint density at radius 1 is 1.36 bits per heavy atom. The monoisotopic (exact) mass is 341 g/mol. The summed E-state index contributed by atoms with van der Waals surface area (Å²) < 4.78 is 5.81. The Balaban J connectivity index is 1.73. The van der Waals surface area contributed by atoms with E-state index < -0.39 is 0 Å². The highest BCUT2D eigenvalue weighted by molar-refractivity contribution is 5.93. The molecule has 2 aromatic rings. The molecule has 7 nitrogen and oxygen atoms in total. The molecule has 0 radical (unpaired) electrons. The zero-order chi connectivity index (χ0) is 17.6. The van der Waals surface area contributed by atoms with Crippen LogP contribution in [0.1, 0.15) is 36.7 Å². The Morgan fingerprint density at radius 2 is 2.16 bits per heavy atom. The van der Waals surface area contributed by atoms with Crippen molar-refractivity contribution < 1.29 is 9.53 Å². The third-order valence-corrected chi connectivity index (χ3v) is 4.16. The van der Waals surface area contributed by atoms with E-state index in [-0.39, 0.29) is 18.0 Å². The van der Waals surface area contributed by atoms with E-state index in [4.69, 9.17) is 10.5 Å². The van der Waals surface area contributed by atoms with Crippen LogP contribution in [0, 0.1) is 0 Å². The topological polar surface area (TPSA) is 94.2 Å². The predicted molar refractivity (Wildman–Crippen MR) is 94.8 cm³/mol. The number of likely N-dealkylation sites (tertiary alicyclic amines) is 1. The second-order valence-corrected chi connectivity index (χ2v) is 6.12. The van der Waals surface area contributed by atoms with Crippen LogP contribution < -0.4 is 5.73 Å². The van der Waals surface area contributed by atoms with Crippen LogP contribution >= 0.6 is 0 Å². The van der Waals surface area contributed by atoms with Gasteiger partial charge >= 0.3 is 0 Å². The number of aromatic nitrogens is 3. The normalized spacial score (nSPS) is 17.5. The number of pyridine rings is 1. The van der Waals surface area contributed by atoms with Crippen LogP contribution in [-0.4, -0.2) is 51.6 Å². The van der Waals surface area contributed by atoms with Crippen molar-refractivity contribution in [2.75, 3.05) is 25.4 Å². The molecule has 0 bridgehead atoms. The number of rotatable bonds is 5. The average Bonchev–Trinajstić information content (AvgIpc) is 2.66. The number of piperidine rings is 1. The van der Waals surface area contributed by atoms with Crippen LogP contribution in [0.15, 0.2) is 30.6 Å². The van der Waals surface area contributed by atoms with Crippen molar-refractivity contribution >= 4 is 11.9 Å². The van der Waals surface area contributed by atoms with E-state index in [1.54, 1.807) is 18.5 Å². The second kappa shape index (κ2) is 8.02. The van der Waals surface area contributed by atoms with Gasteiger partial charge in [0.1, 0.15) is 5.69 Å². The third kappa shape index (κ3) is 4.30. The summed E-state index contributed by atoms with van der Waals surface area (Å²) in [6.07, 6.45) is 6.26. The number of ether oxygens (including phenoxy) is 1. The maximum Gasteiger partial charge on any atom is 0.272 e. The standard InChI is InChI=1S/C18H23N5O2/c1-2-9-25-14-5-4-8-23(12-14)17(24)16-7-3-6-15(22-16)13-10-20-18(19)21-11-13/h3,6-7,10-11,14H,2,4-5,8-9,12H2,1H3,(H2,19,20,21). The van der Waals surface area contributed by atoms with Crippen LogP contribution in [0.2, 0.25) is 0 Å². The lowest BCUT2D eigenvalue weighted by molar-refractivity contribution is 0.00193. The fourth-order valence-electron chi connectivity index (χ4n) is 2.89. The smallest absolute Gasteiger partial charge is 0.272 e. The summed E-state index contributed by atoms with van der Waals surface area (Å²) in [7, 11) is 0. The Morgan fingerprint density at radius 3 is 2.92 bits per heavy atom. The minimum Gasteiger partial charge on any atom is -0.376 e. The van der Waals surface area contributed by atoms with Gasteiger partial charge in [-0.3, -0.25) is 4.79 Å². The fourth-order valence-corrected chi connectivity index (χ4v) is 2.89. The van der Waals surface area contributed by atoms with Gasteiger partial charge in [0.15, 0.2) is 0 Å². The van der Waals surface area contributed by atoms with Crippen molar-refractivity contribution in [3.63, 3.8) is 0 Å². The van der Waals surface area contributed by atoms with Gasteiger partial charge < -0.3 is 15.4 Å². The Labute approximate surface area is 147 Å². The first-order valence-corrected chi connectivity index (χ1v) is 8.63. The number of hydrogen-bond donors (Lipinski definition) is 1. The molecule has 132 valence electrons. The number of hydrogen-bond acceptors (Lipinski definition) is 6. The van der Waals surface area contributed by atoms with Crippen LogP contribution in [0.4, 0.5) is 5.95 Å². The van der Waals surface area contributed by atoms with E-state index in [2.05, 4.69) is 21.9 Å². The highest BCUT2D eigenvalue weighted by Crippen LogP contribution is 2.19. The first kappa shape index (κ1) is 17.3.